The molecule has 1 aliphatic heterocycles. The standard InChI is InChI=1S/C18H21N3O/c1-4-19-13-7-9-15-17(11-13)22-18-12-14(21(5-2)6-3)8-10-16(18)20-15/h7-12H,4-6H2,1-3H3. The van der Waals surface area contributed by atoms with E-state index in [-0.39, 0.29) is 0 Å². The summed E-state index contributed by atoms with van der Waals surface area (Å²) in [5.41, 5.74) is 3.71. The predicted molar refractivity (Wildman–Crippen MR) is 90.3 cm³/mol. The van der Waals surface area contributed by atoms with Gasteiger partial charge in [-0.1, -0.05) is 0 Å². The number of aromatic nitrogens is 1. The highest BCUT2D eigenvalue weighted by atomic mass is 16.3. The van der Waals surface area contributed by atoms with Gasteiger partial charge in [0.15, 0.2) is 11.3 Å². The van der Waals surface area contributed by atoms with E-state index in [9.17, 15) is 0 Å². The van der Waals surface area contributed by atoms with E-state index in [0.717, 1.165) is 53.2 Å². The highest BCUT2D eigenvalue weighted by Gasteiger charge is 2.10. The van der Waals surface area contributed by atoms with E-state index in [0.29, 0.717) is 0 Å². The van der Waals surface area contributed by atoms with Gasteiger partial charge in [0, 0.05) is 37.5 Å². The smallest absolute Gasteiger partial charge is 0.155 e. The molecule has 114 valence electrons. The van der Waals surface area contributed by atoms with Crippen LogP contribution in [0.1, 0.15) is 20.8 Å². The molecule has 4 nitrogen and oxygen atoms in total. The Morgan fingerprint density at radius 3 is 2.59 bits per heavy atom. The van der Waals surface area contributed by atoms with Crippen molar-refractivity contribution in [2.75, 3.05) is 24.5 Å². The van der Waals surface area contributed by atoms with E-state index in [1.165, 1.54) is 0 Å². The maximum absolute atomic E-state index is 6.06. The van der Waals surface area contributed by atoms with Crippen LogP contribution in [0.2, 0.25) is 0 Å². The second kappa shape index (κ2) is 6.18. The minimum absolute atomic E-state index is 0.763. The van der Waals surface area contributed by atoms with Crippen LogP contribution in [0.5, 0.6) is 0 Å². The SMILES string of the molecule is CCN=c1ccc2nc3ccc(N(CC)CC)cc3oc-2c1. The molecule has 0 spiro atoms. The van der Waals surface area contributed by atoms with E-state index in [4.69, 9.17) is 4.42 Å². The highest BCUT2D eigenvalue weighted by Crippen LogP contribution is 2.26. The van der Waals surface area contributed by atoms with Crippen LogP contribution in [0.15, 0.2) is 45.8 Å². The Morgan fingerprint density at radius 2 is 1.86 bits per heavy atom. The van der Waals surface area contributed by atoms with Gasteiger partial charge in [-0.3, -0.25) is 4.99 Å². The van der Waals surface area contributed by atoms with Crippen LogP contribution in [0, 0.1) is 0 Å². The summed E-state index contributed by atoms with van der Waals surface area (Å²) in [7, 11) is 0. The Labute approximate surface area is 130 Å². The van der Waals surface area contributed by atoms with Gasteiger partial charge >= 0.3 is 0 Å². The van der Waals surface area contributed by atoms with Gasteiger partial charge in [0.1, 0.15) is 11.2 Å². The van der Waals surface area contributed by atoms with Crippen molar-refractivity contribution < 1.29 is 4.42 Å². The lowest BCUT2D eigenvalue weighted by atomic mass is 10.2. The lowest BCUT2D eigenvalue weighted by molar-refractivity contribution is 0.612. The van der Waals surface area contributed by atoms with Crippen LogP contribution < -0.4 is 10.3 Å². The second-order valence-electron chi connectivity index (χ2n) is 5.16. The predicted octanol–water partition coefficient (Wildman–Crippen LogP) is 3.70. The van der Waals surface area contributed by atoms with Crippen molar-refractivity contribution >= 4 is 16.8 Å². The Morgan fingerprint density at radius 1 is 1.05 bits per heavy atom. The number of rotatable bonds is 4. The molecule has 1 heterocycles. The summed E-state index contributed by atoms with van der Waals surface area (Å²) in [5.74, 6) is 0.777. The molecule has 0 amide bonds. The van der Waals surface area contributed by atoms with Gasteiger partial charge in [0.2, 0.25) is 0 Å². The molecule has 3 rings (SSSR count). The largest absolute Gasteiger partial charge is 0.453 e. The summed E-state index contributed by atoms with van der Waals surface area (Å²) in [5, 5.41) is 0.930. The fourth-order valence-electron chi connectivity index (χ4n) is 2.67. The molecular formula is C18H21N3O. The van der Waals surface area contributed by atoms with E-state index in [1.807, 2.05) is 31.2 Å². The maximum Gasteiger partial charge on any atom is 0.155 e. The summed E-state index contributed by atoms with van der Waals surface area (Å²) in [6.45, 7) is 9.05. The number of hydrogen-bond donors (Lipinski definition) is 0. The summed E-state index contributed by atoms with van der Waals surface area (Å²) < 4.78 is 6.06. The summed E-state index contributed by atoms with van der Waals surface area (Å²) in [6.07, 6.45) is 0. The molecule has 0 unspecified atom stereocenters. The molecule has 0 fully saturated rings. The first-order valence-electron chi connectivity index (χ1n) is 7.85. The molecule has 0 aromatic heterocycles. The number of nitrogens with zero attached hydrogens (tertiary/aromatic N) is 3. The Hall–Kier alpha value is -2.36. The summed E-state index contributed by atoms with van der Waals surface area (Å²) >= 11 is 0. The third-order valence-corrected chi connectivity index (χ3v) is 3.82. The highest BCUT2D eigenvalue weighted by molar-refractivity contribution is 5.80. The normalized spacial score (nSPS) is 12.2. The molecule has 1 aliphatic carbocycles. The monoisotopic (exact) mass is 295 g/mol. The van der Waals surface area contributed by atoms with Gasteiger partial charge in [-0.2, -0.15) is 0 Å². The van der Waals surface area contributed by atoms with Crippen molar-refractivity contribution in [1.82, 2.24) is 4.98 Å². The van der Waals surface area contributed by atoms with Crippen LogP contribution in [0.3, 0.4) is 0 Å². The molecule has 0 N–H and O–H groups in total. The average Bonchev–Trinajstić information content (AvgIpc) is 2.54. The molecule has 1 aromatic carbocycles. The van der Waals surface area contributed by atoms with Gasteiger partial charge in [-0.05, 0) is 45.0 Å². The third kappa shape index (κ3) is 2.69. The van der Waals surface area contributed by atoms with Crippen LogP contribution in [-0.2, 0) is 0 Å². The van der Waals surface area contributed by atoms with Gasteiger partial charge < -0.3 is 9.32 Å². The van der Waals surface area contributed by atoms with Crippen LogP contribution in [0.25, 0.3) is 22.6 Å². The van der Waals surface area contributed by atoms with Gasteiger partial charge in [0.05, 0.1) is 5.36 Å². The first-order valence-corrected chi connectivity index (χ1v) is 7.85. The number of hydrogen-bond acceptors (Lipinski definition) is 4. The number of anilines is 1. The minimum atomic E-state index is 0.763. The molecule has 0 bridgehead atoms. The van der Waals surface area contributed by atoms with Gasteiger partial charge in [0.25, 0.3) is 0 Å². The average molecular weight is 295 g/mol. The summed E-state index contributed by atoms with van der Waals surface area (Å²) in [4.78, 5) is 11.4. The van der Waals surface area contributed by atoms with Gasteiger partial charge in [-0.25, -0.2) is 4.98 Å². The van der Waals surface area contributed by atoms with Crippen molar-refractivity contribution in [1.29, 1.82) is 0 Å². The first kappa shape index (κ1) is 14.6. The molecule has 0 saturated carbocycles. The topological polar surface area (TPSA) is 41.6 Å². The Bertz CT molecular complexity index is 818. The molecule has 4 heteroatoms. The Balaban J connectivity index is 2.17. The van der Waals surface area contributed by atoms with Crippen molar-refractivity contribution in [3.05, 3.63) is 41.8 Å². The fourth-order valence-corrected chi connectivity index (χ4v) is 2.67. The lowest BCUT2D eigenvalue weighted by Crippen LogP contribution is -2.21. The van der Waals surface area contributed by atoms with Crippen LogP contribution in [0.4, 0.5) is 5.69 Å². The van der Waals surface area contributed by atoms with Crippen molar-refractivity contribution in [2.24, 2.45) is 4.99 Å². The van der Waals surface area contributed by atoms with Crippen molar-refractivity contribution in [3.63, 3.8) is 0 Å². The second-order valence-corrected chi connectivity index (χ2v) is 5.16. The Kier molecular flexibility index (Phi) is 4.09. The molecule has 1 aromatic rings. The zero-order chi connectivity index (χ0) is 15.5. The number of benzene rings is 2. The lowest BCUT2D eigenvalue weighted by Gasteiger charge is -2.21. The summed E-state index contributed by atoms with van der Waals surface area (Å²) in [6, 6.07) is 12.1. The van der Waals surface area contributed by atoms with Crippen molar-refractivity contribution in [2.45, 2.75) is 20.8 Å². The van der Waals surface area contributed by atoms with E-state index in [1.54, 1.807) is 0 Å². The third-order valence-electron chi connectivity index (χ3n) is 3.82. The minimum Gasteiger partial charge on any atom is -0.453 e. The molecule has 0 atom stereocenters. The quantitative estimate of drug-likeness (QED) is 0.689. The molecular weight excluding hydrogens is 274 g/mol. The number of fused-ring (bicyclic) bond motifs is 2. The maximum atomic E-state index is 6.06. The fraction of sp³-hybridized carbons (Fsp3) is 0.333. The molecule has 0 radical (unpaired) electrons. The molecule has 22 heavy (non-hydrogen) atoms. The van der Waals surface area contributed by atoms with E-state index < -0.39 is 0 Å². The van der Waals surface area contributed by atoms with Crippen LogP contribution >= 0.6 is 0 Å². The van der Waals surface area contributed by atoms with Gasteiger partial charge in [-0.15, -0.1) is 0 Å². The van der Waals surface area contributed by atoms with E-state index in [2.05, 4.69) is 40.9 Å². The van der Waals surface area contributed by atoms with Crippen LogP contribution in [-0.4, -0.2) is 24.6 Å². The van der Waals surface area contributed by atoms with E-state index >= 15 is 0 Å². The molecule has 0 saturated heterocycles. The zero-order valence-corrected chi connectivity index (χ0v) is 13.3. The molecule has 2 aliphatic rings. The zero-order valence-electron chi connectivity index (χ0n) is 13.3. The first-order chi connectivity index (χ1) is 10.7. The van der Waals surface area contributed by atoms with Crippen molar-refractivity contribution in [3.8, 4) is 11.5 Å².